The Labute approximate surface area is 178 Å². The van der Waals surface area contributed by atoms with Crippen LogP contribution in [0, 0.1) is 11.8 Å². The van der Waals surface area contributed by atoms with Crippen molar-refractivity contribution in [1.82, 2.24) is 0 Å². The van der Waals surface area contributed by atoms with Crippen molar-refractivity contribution in [2.75, 3.05) is 13.2 Å². The molecule has 2 aliphatic heterocycles. The maximum absolute atomic E-state index is 10.4. The number of aliphatic hydroxyl groups is 7. The van der Waals surface area contributed by atoms with Gasteiger partial charge in [-0.25, -0.2) is 4.89 Å². The zero-order chi connectivity index (χ0) is 23.1. The molecule has 182 valence electrons. The lowest BCUT2D eigenvalue weighted by atomic mass is 9.75. The van der Waals surface area contributed by atoms with Gasteiger partial charge in [0, 0.05) is 6.61 Å². The molecule has 10 N–H and O–H groups in total. The van der Waals surface area contributed by atoms with E-state index >= 15 is 0 Å². The number of ether oxygens (including phenoxy) is 3. The van der Waals surface area contributed by atoms with Crippen LogP contribution >= 0.6 is 0 Å². The van der Waals surface area contributed by atoms with Crippen LogP contribution in [-0.4, -0.2) is 115 Å². The lowest BCUT2D eigenvalue weighted by molar-refractivity contribution is -0.450. The average Bonchev–Trinajstić information content (AvgIpc) is 3.23. The Morgan fingerprint density at radius 1 is 1.06 bits per heavy atom. The van der Waals surface area contributed by atoms with E-state index in [1.54, 1.807) is 0 Å². The third-order valence-corrected chi connectivity index (χ3v) is 6.82. The summed E-state index contributed by atoms with van der Waals surface area (Å²) in [5.74, 6) is -3.42. The third-order valence-electron chi connectivity index (χ3n) is 6.82. The van der Waals surface area contributed by atoms with Crippen molar-refractivity contribution in [2.45, 2.75) is 86.7 Å². The van der Waals surface area contributed by atoms with Gasteiger partial charge < -0.3 is 50.0 Å². The molecule has 0 radical (unpaired) electrons. The van der Waals surface area contributed by atoms with Crippen LogP contribution in [0.2, 0.25) is 0 Å². The average molecular weight is 455 g/mol. The van der Waals surface area contributed by atoms with Gasteiger partial charge >= 0.3 is 0 Å². The molecule has 0 aromatic carbocycles. The first-order valence-corrected chi connectivity index (χ1v) is 10.3. The van der Waals surface area contributed by atoms with Crippen LogP contribution in [0.25, 0.3) is 0 Å². The topological polar surface area (TPSA) is 225 Å². The fraction of sp³-hybridized carbons (Fsp3) is 1.00. The highest BCUT2D eigenvalue weighted by atomic mass is 17.1. The molecular weight excluding hydrogens is 422 g/mol. The first kappa shape index (κ1) is 25.1. The summed E-state index contributed by atoms with van der Waals surface area (Å²) in [6, 6.07) is 0. The normalized spacial score (nSPS) is 53.6. The van der Waals surface area contributed by atoms with Crippen molar-refractivity contribution in [1.29, 1.82) is 0 Å². The molecule has 7 unspecified atom stereocenters. The van der Waals surface area contributed by atoms with E-state index in [2.05, 4.69) is 4.89 Å². The van der Waals surface area contributed by atoms with Gasteiger partial charge in [0.25, 0.3) is 5.91 Å². The Kier molecular flexibility index (Phi) is 7.60. The predicted molar refractivity (Wildman–Crippen MR) is 98.7 cm³/mol. The number of hydrogen-bond donors (Lipinski definition) is 9. The van der Waals surface area contributed by atoms with E-state index in [1.165, 1.54) is 6.92 Å². The van der Waals surface area contributed by atoms with Crippen molar-refractivity contribution in [3.63, 3.8) is 0 Å². The van der Waals surface area contributed by atoms with Crippen LogP contribution in [0.5, 0.6) is 0 Å². The Morgan fingerprint density at radius 3 is 2.29 bits per heavy atom. The van der Waals surface area contributed by atoms with Gasteiger partial charge in [-0.1, -0.05) is 0 Å². The van der Waals surface area contributed by atoms with Gasteiger partial charge in [-0.05, 0) is 38.0 Å². The van der Waals surface area contributed by atoms with E-state index in [0.29, 0.717) is 19.3 Å². The van der Waals surface area contributed by atoms with Gasteiger partial charge in [0.1, 0.15) is 30.0 Å². The molecule has 1 aliphatic carbocycles. The second kappa shape index (κ2) is 9.38. The lowest BCUT2D eigenvalue weighted by Crippen LogP contribution is -2.77. The van der Waals surface area contributed by atoms with E-state index in [1.807, 2.05) is 0 Å². The van der Waals surface area contributed by atoms with E-state index < -0.39 is 73.1 Å². The molecular formula is C18H33NO12. The standard InChI is InChI=1S/C18H33NO12/c1-7-10(22)11(23)12(24)16(28-7)29-15-13(30-27)14(25)18(19,26)31-17(15,6-21)9-3-2-8(4-9)5-20/h7-16,20-27H,2-6,19H2,1H3/t7?,8?,9?,10?,11?,12?,13-,14-,15-,16?,17-,18+/m1/s1. The summed E-state index contributed by atoms with van der Waals surface area (Å²) >= 11 is 0. The minimum absolute atomic E-state index is 0.120. The molecule has 13 nitrogen and oxygen atoms in total. The molecule has 13 heteroatoms. The molecule has 31 heavy (non-hydrogen) atoms. The van der Waals surface area contributed by atoms with Gasteiger partial charge in [-0.3, -0.25) is 11.0 Å². The van der Waals surface area contributed by atoms with E-state index in [4.69, 9.17) is 19.9 Å². The van der Waals surface area contributed by atoms with Gasteiger partial charge in [-0.2, -0.15) is 0 Å². The van der Waals surface area contributed by atoms with Crippen molar-refractivity contribution in [3.05, 3.63) is 0 Å². The molecule has 0 spiro atoms. The molecule has 0 bridgehead atoms. The fourth-order valence-electron chi connectivity index (χ4n) is 4.93. The van der Waals surface area contributed by atoms with Crippen LogP contribution in [-0.2, 0) is 19.1 Å². The maximum atomic E-state index is 10.4. The molecule has 12 atom stereocenters. The third kappa shape index (κ3) is 4.36. The molecule has 3 aliphatic rings. The van der Waals surface area contributed by atoms with Crippen LogP contribution in [0.15, 0.2) is 0 Å². The Hall–Kier alpha value is -0.520. The summed E-state index contributed by atoms with van der Waals surface area (Å²) in [5, 5.41) is 80.5. The summed E-state index contributed by atoms with van der Waals surface area (Å²) in [5.41, 5.74) is 3.84. The Balaban J connectivity index is 1.97. The second-order valence-electron chi connectivity index (χ2n) is 8.78. The van der Waals surface area contributed by atoms with Crippen molar-refractivity contribution in [2.24, 2.45) is 17.6 Å². The van der Waals surface area contributed by atoms with Crippen LogP contribution in [0.4, 0.5) is 0 Å². The zero-order valence-corrected chi connectivity index (χ0v) is 17.1. The monoisotopic (exact) mass is 455 g/mol. The highest BCUT2D eigenvalue weighted by molar-refractivity contribution is 5.09. The zero-order valence-electron chi connectivity index (χ0n) is 17.1. The lowest BCUT2D eigenvalue weighted by Gasteiger charge is -2.55. The predicted octanol–water partition coefficient (Wildman–Crippen LogP) is -3.81. The second-order valence-corrected chi connectivity index (χ2v) is 8.78. The molecule has 3 rings (SSSR count). The molecule has 0 aromatic heterocycles. The number of aliphatic hydroxyl groups excluding tert-OH is 6. The smallest absolute Gasteiger partial charge is 0.253 e. The van der Waals surface area contributed by atoms with Crippen molar-refractivity contribution >= 4 is 0 Å². The fourth-order valence-corrected chi connectivity index (χ4v) is 4.93. The summed E-state index contributed by atoms with van der Waals surface area (Å²) in [7, 11) is 0. The summed E-state index contributed by atoms with van der Waals surface area (Å²) in [4.78, 5) is 4.37. The van der Waals surface area contributed by atoms with Gasteiger partial charge in [0.15, 0.2) is 18.5 Å². The van der Waals surface area contributed by atoms with Crippen LogP contribution < -0.4 is 5.73 Å². The summed E-state index contributed by atoms with van der Waals surface area (Å²) in [6.07, 6.45) is -11.3. The maximum Gasteiger partial charge on any atom is 0.253 e. The molecule has 3 fully saturated rings. The van der Waals surface area contributed by atoms with E-state index in [0.717, 1.165) is 0 Å². The Morgan fingerprint density at radius 2 is 1.74 bits per heavy atom. The highest BCUT2D eigenvalue weighted by Crippen LogP contribution is 2.48. The Bertz CT molecular complexity index is 610. The first-order valence-electron chi connectivity index (χ1n) is 10.3. The molecule has 0 aromatic rings. The largest absolute Gasteiger partial charge is 0.396 e. The van der Waals surface area contributed by atoms with Crippen molar-refractivity contribution < 1.29 is 60.1 Å². The number of nitrogens with two attached hydrogens (primary N) is 1. The molecule has 0 amide bonds. The summed E-state index contributed by atoms with van der Waals surface area (Å²) in [6.45, 7) is 0.518. The van der Waals surface area contributed by atoms with Gasteiger partial charge in [0.2, 0.25) is 0 Å². The first-order chi connectivity index (χ1) is 14.5. The van der Waals surface area contributed by atoms with Crippen LogP contribution in [0.3, 0.4) is 0 Å². The van der Waals surface area contributed by atoms with Gasteiger partial charge in [-0.15, -0.1) is 0 Å². The SMILES string of the molecule is CC1OC(O[C@@H]2[C@H](OO)[C@@H](O)[C@](N)(O)O[C@]2(CO)C2CCC(CO)C2)C(O)C(O)C1O. The quantitative estimate of drug-likeness (QED) is 0.106. The van der Waals surface area contributed by atoms with Crippen LogP contribution in [0.1, 0.15) is 26.2 Å². The highest BCUT2D eigenvalue weighted by Gasteiger charge is 2.65. The molecule has 2 heterocycles. The molecule has 2 saturated heterocycles. The number of rotatable bonds is 6. The molecule has 1 saturated carbocycles. The minimum Gasteiger partial charge on any atom is -0.396 e. The number of hydrogen-bond acceptors (Lipinski definition) is 13. The minimum atomic E-state index is -2.73. The van der Waals surface area contributed by atoms with E-state index in [-0.39, 0.29) is 12.5 Å². The van der Waals surface area contributed by atoms with Crippen molar-refractivity contribution in [3.8, 4) is 0 Å². The summed E-state index contributed by atoms with van der Waals surface area (Å²) < 4.78 is 16.8. The van der Waals surface area contributed by atoms with Gasteiger partial charge in [0.05, 0.1) is 12.7 Å². The van der Waals surface area contributed by atoms with E-state index in [9.17, 15) is 41.0 Å².